The molecule has 0 fully saturated rings. The minimum Gasteiger partial charge on any atom is -0.467 e. The van der Waals surface area contributed by atoms with E-state index in [1.54, 1.807) is 0 Å². The van der Waals surface area contributed by atoms with E-state index in [0.29, 0.717) is 0 Å². The summed E-state index contributed by atoms with van der Waals surface area (Å²) in [5, 5.41) is 0.196. The highest BCUT2D eigenvalue weighted by Crippen LogP contribution is 2.29. The van der Waals surface area contributed by atoms with Crippen LogP contribution < -0.4 is 0 Å². The average molecular weight is 269 g/mol. The van der Waals surface area contributed by atoms with Crippen LogP contribution in [-0.4, -0.2) is 19.4 Å². The number of benzene rings is 1. The third-order valence-corrected chi connectivity index (χ3v) is 2.05. The minimum atomic E-state index is -4.94. The van der Waals surface area contributed by atoms with E-state index in [2.05, 4.69) is 9.47 Å². The molecule has 0 spiro atoms. The normalized spacial score (nSPS) is 13.2. The molecule has 1 aromatic rings. The van der Waals surface area contributed by atoms with Gasteiger partial charge in [-0.1, -0.05) is 23.7 Å². The fourth-order valence-corrected chi connectivity index (χ4v) is 1.36. The number of esters is 1. The van der Waals surface area contributed by atoms with Crippen LogP contribution in [0.5, 0.6) is 0 Å². The van der Waals surface area contributed by atoms with Crippen molar-refractivity contribution in [2.75, 3.05) is 7.11 Å². The summed E-state index contributed by atoms with van der Waals surface area (Å²) in [7, 11) is 0.972. The molecular weight excluding hydrogens is 261 g/mol. The molecule has 0 aliphatic heterocycles. The summed E-state index contributed by atoms with van der Waals surface area (Å²) in [4.78, 5) is 11.2. The zero-order valence-electron chi connectivity index (χ0n) is 8.62. The summed E-state index contributed by atoms with van der Waals surface area (Å²) in [5.41, 5.74) is -0.0262. The molecule has 1 aromatic carbocycles. The number of rotatable bonds is 3. The van der Waals surface area contributed by atoms with Crippen LogP contribution in [0.15, 0.2) is 24.3 Å². The molecule has 1 atom stereocenters. The summed E-state index contributed by atoms with van der Waals surface area (Å²) >= 11 is 5.62. The monoisotopic (exact) mass is 268 g/mol. The molecule has 7 heteroatoms. The van der Waals surface area contributed by atoms with Gasteiger partial charge in [0, 0.05) is 5.02 Å². The minimum absolute atomic E-state index is 0.0262. The van der Waals surface area contributed by atoms with E-state index in [1.165, 1.54) is 24.3 Å². The van der Waals surface area contributed by atoms with Gasteiger partial charge >= 0.3 is 12.3 Å². The quantitative estimate of drug-likeness (QED) is 0.790. The molecule has 0 saturated carbocycles. The molecular formula is C10H8ClF3O3. The molecule has 0 aliphatic rings. The first kappa shape index (κ1) is 13.8. The number of carbonyl (C=O) groups excluding carboxylic acids is 1. The van der Waals surface area contributed by atoms with Crippen molar-refractivity contribution in [3.8, 4) is 0 Å². The molecule has 0 N–H and O–H groups in total. The maximum Gasteiger partial charge on any atom is 0.523 e. The van der Waals surface area contributed by atoms with E-state index in [1.807, 2.05) is 0 Å². The Kier molecular flexibility index (Phi) is 4.36. The number of carbonyl (C=O) groups is 1. The van der Waals surface area contributed by atoms with Gasteiger partial charge in [-0.05, 0) is 17.7 Å². The van der Waals surface area contributed by atoms with Crippen LogP contribution in [0.1, 0.15) is 11.7 Å². The van der Waals surface area contributed by atoms with Gasteiger partial charge in [0.15, 0.2) is 6.10 Å². The zero-order chi connectivity index (χ0) is 13.1. The van der Waals surface area contributed by atoms with Crippen LogP contribution in [-0.2, 0) is 14.3 Å². The van der Waals surface area contributed by atoms with E-state index in [4.69, 9.17) is 11.6 Å². The van der Waals surface area contributed by atoms with E-state index in [-0.39, 0.29) is 10.6 Å². The second-order valence-electron chi connectivity index (χ2n) is 3.02. The summed E-state index contributed by atoms with van der Waals surface area (Å²) < 4.78 is 44.3. The van der Waals surface area contributed by atoms with Crippen molar-refractivity contribution in [3.63, 3.8) is 0 Å². The number of methoxy groups -OCH3 is 1. The van der Waals surface area contributed by atoms with Gasteiger partial charge in [0.25, 0.3) is 0 Å². The molecule has 17 heavy (non-hydrogen) atoms. The predicted octanol–water partition coefficient (Wildman–Crippen LogP) is 3.09. The number of halogens is 4. The highest BCUT2D eigenvalue weighted by atomic mass is 35.5. The van der Waals surface area contributed by atoms with Crippen LogP contribution in [0.3, 0.4) is 0 Å². The third-order valence-electron chi connectivity index (χ3n) is 1.82. The van der Waals surface area contributed by atoms with Crippen LogP contribution in [0.4, 0.5) is 13.2 Å². The molecule has 94 valence electrons. The second-order valence-corrected chi connectivity index (χ2v) is 3.46. The lowest BCUT2D eigenvalue weighted by Crippen LogP contribution is -2.25. The lowest BCUT2D eigenvalue weighted by Gasteiger charge is -2.17. The second kappa shape index (κ2) is 5.37. The molecule has 0 amide bonds. The van der Waals surface area contributed by atoms with Gasteiger partial charge in [0.2, 0.25) is 0 Å². The van der Waals surface area contributed by atoms with Gasteiger partial charge in [0.05, 0.1) is 7.11 Å². The Morgan fingerprint density at radius 2 is 2.06 bits per heavy atom. The summed E-state index contributed by atoms with van der Waals surface area (Å²) in [6.07, 6.45) is -6.82. The largest absolute Gasteiger partial charge is 0.523 e. The molecule has 0 aliphatic carbocycles. The standard InChI is InChI=1S/C10H8ClF3O3/c1-16-9(15)8(17-10(12,13)14)6-3-2-4-7(11)5-6/h2-5,8H,1H3. The fraction of sp³-hybridized carbons (Fsp3) is 0.300. The molecule has 0 bridgehead atoms. The topological polar surface area (TPSA) is 35.5 Å². The van der Waals surface area contributed by atoms with Crippen molar-refractivity contribution in [3.05, 3.63) is 34.9 Å². The maximum absolute atomic E-state index is 12.1. The summed E-state index contributed by atoms with van der Waals surface area (Å²) in [5.74, 6) is -1.15. The Morgan fingerprint density at radius 1 is 1.41 bits per heavy atom. The number of ether oxygens (including phenoxy) is 2. The Hall–Kier alpha value is -1.27. The van der Waals surface area contributed by atoms with Crippen LogP contribution in [0, 0.1) is 0 Å². The molecule has 1 rings (SSSR count). The van der Waals surface area contributed by atoms with E-state index in [0.717, 1.165) is 7.11 Å². The van der Waals surface area contributed by atoms with Crippen molar-refractivity contribution in [2.45, 2.75) is 12.5 Å². The molecule has 0 aromatic heterocycles. The van der Waals surface area contributed by atoms with Gasteiger partial charge < -0.3 is 4.74 Å². The van der Waals surface area contributed by atoms with E-state index < -0.39 is 18.4 Å². The highest BCUT2D eigenvalue weighted by molar-refractivity contribution is 6.30. The lowest BCUT2D eigenvalue weighted by atomic mass is 10.1. The van der Waals surface area contributed by atoms with Gasteiger partial charge in [0.1, 0.15) is 0 Å². The molecule has 0 radical (unpaired) electrons. The van der Waals surface area contributed by atoms with Gasteiger partial charge in [-0.25, -0.2) is 4.79 Å². The first-order chi connectivity index (χ1) is 7.83. The Labute approximate surface area is 100 Å². The first-order valence-corrected chi connectivity index (χ1v) is 4.79. The maximum atomic E-state index is 12.1. The smallest absolute Gasteiger partial charge is 0.467 e. The predicted molar refractivity (Wildman–Crippen MR) is 53.3 cm³/mol. The SMILES string of the molecule is COC(=O)C(OC(F)(F)F)c1cccc(Cl)c1. The Morgan fingerprint density at radius 3 is 2.53 bits per heavy atom. The van der Waals surface area contributed by atoms with Gasteiger partial charge in [-0.3, -0.25) is 4.74 Å². The molecule has 3 nitrogen and oxygen atoms in total. The zero-order valence-corrected chi connectivity index (χ0v) is 9.38. The Bertz CT molecular complexity index is 406. The van der Waals surface area contributed by atoms with Crippen molar-refractivity contribution in [1.29, 1.82) is 0 Å². The van der Waals surface area contributed by atoms with Crippen LogP contribution in [0.25, 0.3) is 0 Å². The van der Waals surface area contributed by atoms with Crippen molar-refractivity contribution >= 4 is 17.6 Å². The van der Waals surface area contributed by atoms with E-state index >= 15 is 0 Å². The lowest BCUT2D eigenvalue weighted by molar-refractivity contribution is -0.341. The first-order valence-electron chi connectivity index (χ1n) is 4.41. The van der Waals surface area contributed by atoms with Gasteiger partial charge in [-0.15, -0.1) is 13.2 Å². The average Bonchev–Trinajstić information content (AvgIpc) is 2.23. The van der Waals surface area contributed by atoms with Gasteiger partial charge in [-0.2, -0.15) is 0 Å². The number of alkyl halides is 3. The van der Waals surface area contributed by atoms with Crippen LogP contribution in [0.2, 0.25) is 5.02 Å². The van der Waals surface area contributed by atoms with Crippen LogP contribution >= 0.6 is 11.6 Å². The van der Waals surface area contributed by atoms with Crippen molar-refractivity contribution < 1.29 is 27.4 Å². The van der Waals surface area contributed by atoms with Crippen molar-refractivity contribution in [1.82, 2.24) is 0 Å². The van der Waals surface area contributed by atoms with E-state index in [9.17, 15) is 18.0 Å². The summed E-state index contributed by atoms with van der Waals surface area (Å²) in [6.45, 7) is 0. The van der Waals surface area contributed by atoms with Crippen molar-refractivity contribution in [2.24, 2.45) is 0 Å². The molecule has 0 heterocycles. The number of hydrogen-bond acceptors (Lipinski definition) is 3. The molecule has 0 saturated heterocycles. The Balaban J connectivity index is 3.02. The summed E-state index contributed by atoms with van der Waals surface area (Å²) in [6, 6.07) is 5.37. The molecule has 1 unspecified atom stereocenters. The third kappa shape index (κ3) is 4.24. The highest BCUT2D eigenvalue weighted by Gasteiger charge is 2.38. The fourth-order valence-electron chi connectivity index (χ4n) is 1.16. The number of hydrogen-bond donors (Lipinski definition) is 0.